The third-order valence-corrected chi connectivity index (χ3v) is 2.48. The fourth-order valence-electron chi connectivity index (χ4n) is 1.66. The molecule has 0 bridgehead atoms. The van der Waals surface area contributed by atoms with Crippen molar-refractivity contribution in [1.29, 1.82) is 0 Å². The zero-order valence-electron chi connectivity index (χ0n) is 9.78. The minimum atomic E-state index is -0.371. The van der Waals surface area contributed by atoms with Crippen LogP contribution in [-0.2, 0) is 0 Å². The van der Waals surface area contributed by atoms with E-state index in [2.05, 4.69) is 5.32 Å². The van der Waals surface area contributed by atoms with Crippen LogP contribution in [-0.4, -0.2) is 18.5 Å². The molecule has 0 fully saturated rings. The van der Waals surface area contributed by atoms with Crippen LogP contribution in [0, 0.1) is 17.0 Å². The van der Waals surface area contributed by atoms with Gasteiger partial charge in [-0.05, 0) is 43.7 Å². The minimum Gasteiger partial charge on any atom is -0.316 e. The molecule has 1 rings (SSSR count). The molecule has 0 radical (unpaired) electrons. The Morgan fingerprint density at radius 3 is 2.69 bits per heavy atom. The highest BCUT2D eigenvalue weighted by atomic mass is 16.6. The molecule has 86 valence electrons. The van der Waals surface area contributed by atoms with Gasteiger partial charge in [0.1, 0.15) is 0 Å². The lowest BCUT2D eigenvalue weighted by atomic mass is 10.00. The molecule has 0 aromatic heterocycles. The predicted octanol–water partition coefficient (Wildman–Crippen LogP) is 2.53. The van der Waals surface area contributed by atoms with Gasteiger partial charge >= 0.3 is 0 Å². The number of hydrogen-bond acceptors (Lipinski definition) is 3. The highest BCUT2D eigenvalue weighted by Crippen LogP contribution is 2.22. The summed E-state index contributed by atoms with van der Waals surface area (Å²) >= 11 is 0. The van der Waals surface area contributed by atoms with E-state index >= 15 is 0 Å². The molecule has 1 aromatic carbocycles. The molecule has 0 aliphatic rings. The summed E-state index contributed by atoms with van der Waals surface area (Å²) in [5.74, 6) is 0. The van der Waals surface area contributed by atoms with Gasteiger partial charge in [-0.25, -0.2) is 0 Å². The van der Waals surface area contributed by atoms with Crippen molar-refractivity contribution in [1.82, 2.24) is 5.32 Å². The van der Waals surface area contributed by atoms with Crippen LogP contribution in [0.3, 0.4) is 0 Å². The van der Waals surface area contributed by atoms with Crippen molar-refractivity contribution in [3.05, 3.63) is 45.5 Å². The number of aryl methyl sites for hydroxylation is 1. The van der Waals surface area contributed by atoms with Gasteiger partial charge in [0.05, 0.1) is 4.92 Å². The third kappa shape index (κ3) is 2.67. The molecule has 0 heterocycles. The molecule has 0 saturated heterocycles. The SMILES string of the molecule is C/C=C(\CNC)c1ccc([N+](=O)[O-])cc1C. The van der Waals surface area contributed by atoms with Crippen LogP contribution in [0.5, 0.6) is 0 Å². The number of allylic oxidation sites excluding steroid dienone is 1. The quantitative estimate of drug-likeness (QED) is 0.626. The summed E-state index contributed by atoms with van der Waals surface area (Å²) < 4.78 is 0. The number of hydrogen-bond donors (Lipinski definition) is 1. The minimum absolute atomic E-state index is 0.140. The first-order chi connectivity index (χ1) is 7.60. The lowest BCUT2D eigenvalue weighted by molar-refractivity contribution is -0.384. The van der Waals surface area contributed by atoms with E-state index in [0.29, 0.717) is 0 Å². The predicted molar refractivity (Wildman–Crippen MR) is 65.4 cm³/mol. The van der Waals surface area contributed by atoms with Crippen molar-refractivity contribution in [2.24, 2.45) is 0 Å². The first-order valence-electron chi connectivity index (χ1n) is 5.15. The Balaban J connectivity index is 3.12. The first kappa shape index (κ1) is 12.4. The number of non-ortho nitro benzene ring substituents is 1. The number of benzene rings is 1. The van der Waals surface area contributed by atoms with Crippen LogP contribution in [0.25, 0.3) is 5.57 Å². The van der Waals surface area contributed by atoms with Crippen LogP contribution >= 0.6 is 0 Å². The van der Waals surface area contributed by atoms with Gasteiger partial charge in [-0.15, -0.1) is 0 Å². The largest absolute Gasteiger partial charge is 0.316 e. The highest BCUT2D eigenvalue weighted by Gasteiger charge is 2.09. The van der Waals surface area contributed by atoms with E-state index in [1.165, 1.54) is 0 Å². The maximum absolute atomic E-state index is 10.6. The molecular formula is C12H16N2O2. The molecule has 0 aliphatic heterocycles. The number of nitro groups is 1. The summed E-state index contributed by atoms with van der Waals surface area (Å²) in [6.45, 7) is 4.62. The molecule has 1 aromatic rings. The van der Waals surface area contributed by atoms with Gasteiger partial charge in [0, 0.05) is 18.7 Å². The summed E-state index contributed by atoms with van der Waals surface area (Å²) in [4.78, 5) is 10.2. The Kier molecular flexibility index (Phi) is 4.19. The van der Waals surface area contributed by atoms with E-state index in [9.17, 15) is 10.1 Å². The van der Waals surface area contributed by atoms with E-state index < -0.39 is 0 Å². The van der Waals surface area contributed by atoms with Gasteiger partial charge in [0.25, 0.3) is 5.69 Å². The van der Waals surface area contributed by atoms with Crippen LogP contribution in [0.4, 0.5) is 5.69 Å². The second kappa shape index (κ2) is 5.42. The zero-order chi connectivity index (χ0) is 12.1. The number of likely N-dealkylation sites (N-methyl/N-ethyl adjacent to an activating group) is 1. The van der Waals surface area contributed by atoms with Gasteiger partial charge in [-0.2, -0.15) is 0 Å². The van der Waals surface area contributed by atoms with E-state index in [4.69, 9.17) is 0 Å². The average Bonchev–Trinajstić information content (AvgIpc) is 2.26. The van der Waals surface area contributed by atoms with Crippen molar-refractivity contribution in [3.63, 3.8) is 0 Å². The Morgan fingerprint density at radius 2 is 2.25 bits per heavy atom. The monoisotopic (exact) mass is 220 g/mol. The molecule has 0 saturated carbocycles. The Labute approximate surface area is 95.1 Å². The van der Waals surface area contributed by atoms with Gasteiger partial charge < -0.3 is 5.32 Å². The van der Waals surface area contributed by atoms with Gasteiger partial charge in [-0.1, -0.05) is 6.08 Å². The summed E-state index contributed by atoms with van der Waals surface area (Å²) in [7, 11) is 1.88. The second-order valence-electron chi connectivity index (χ2n) is 3.60. The molecule has 0 atom stereocenters. The van der Waals surface area contributed by atoms with E-state index in [0.717, 1.165) is 23.2 Å². The molecule has 0 amide bonds. The van der Waals surface area contributed by atoms with Crippen molar-refractivity contribution < 1.29 is 4.92 Å². The van der Waals surface area contributed by atoms with E-state index in [-0.39, 0.29) is 10.6 Å². The maximum Gasteiger partial charge on any atom is 0.269 e. The summed E-state index contributed by atoms with van der Waals surface area (Å²) in [6, 6.07) is 4.95. The van der Waals surface area contributed by atoms with Crippen LogP contribution < -0.4 is 5.32 Å². The Morgan fingerprint density at radius 1 is 1.56 bits per heavy atom. The summed E-state index contributed by atoms with van der Waals surface area (Å²) in [5, 5.41) is 13.7. The number of rotatable bonds is 4. The van der Waals surface area contributed by atoms with Crippen molar-refractivity contribution in [2.75, 3.05) is 13.6 Å². The molecular weight excluding hydrogens is 204 g/mol. The van der Waals surface area contributed by atoms with Crippen molar-refractivity contribution in [2.45, 2.75) is 13.8 Å². The van der Waals surface area contributed by atoms with E-state index in [1.807, 2.05) is 27.0 Å². The van der Waals surface area contributed by atoms with Gasteiger partial charge in [0.2, 0.25) is 0 Å². The zero-order valence-corrected chi connectivity index (χ0v) is 9.78. The standard InChI is InChI=1S/C12H16N2O2/c1-4-10(8-13-3)12-6-5-11(14(15)16)7-9(12)2/h4-7,13H,8H2,1-3H3/b10-4+. The number of nitrogens with one attached hydrogen (secondary N) is 1. The normalized spacial score (nSPS) is 11.6. The van der Waals surface area contributed by atoms with Crippen molar-refractivity contribution >= 4 is 11.3 Å². The molecule has 0 spiro atoms. The van der Waals surface area contributed by atoms with Gasteiger partial charge in [0.15, 0.2) is 0 Å². The molecule has 1 N–H and O–H groups in total. The smallest absolute Gasteiger partial charge is 0.269 e. The maximum atomic E-state index is 10.6. The molecule has 16 heavy (non-hydrogen) atoms. The van der Waals surface area contributed by atoms with Crippen LogP contribution in [0.1, 0.15) is 18.1 Å². The Bertz CT molecular complexity index is 425. The van der Waals surface area contributed by atoms with E-state index in [1.54, 1.807) is 18.2 Å². The lowest BCUT2D eigenvalue weighted by Crippen LogP contribution is -2.10. The second-order valence-corrected chi connectivity index (χ2v) is 3.60. The fourth-order valence-corrected chi connectivity index (χ4v) is 1.66. The van der Waals surface area contributed by atoms with Crippen molar-refractivity contribution in [3.8, 4) is 0 Å². The molecule has 4 nitrogen and oxygen atoms in total. The van der Waals surface area contributed by atoms with Crippen LogP contribution in [0.15, 0.2) is 24.3 Å². The van der Waals surface area contributed by atoms with Gasteiger partial charge in [-0.3, -0.25) is 10.1 Å². The lowest BCUT2D eigenvalue weighted by Gasteiger charge is -2.09. The van der Waals surface area contributed by atoms with Crippen LogP contribution in [0.2, 0.25) is 0 Å². The number of nitrogens with zero attached hydrogens (tertiary/aromatic N) is 1. The molecule has 0 unspecified atom stereocenters. The average molecular weight is 220 g/mol. The fraction of sp³-hybridized carbons (Fsp3) is 0.333. The number of nitro benzene ring substituents is 1. The highest BCUT2D eigenvalue weighted by molar-refractivity contribution is 5.70. The molecule has 4 heteroatoms. The summed E-state index contributed by atoms with van der Waals surface area (Å²) in [6.07, 6.45) is 2.02. The summed E-state index contributed by atoms with van der Waals surface area (Å²) in [5.41, 5.74) is 3.27. The molecule has 0 aliphatic carbocycles. The third-order valence-electron chi connectivity index (χ3n) is 2.48. The first-order valence-corrected chi connectivity index (χ1v) is 5.15. The Hall–Kier alpha value is -1.68. The topological polar surface area (TPSA) is 55.2 Å².